The normalized spacial score (nSPS) is 16.9. The Morgan fingerprint density at radius 1 is 0.723 bits per heavy atom. The van der Waals surface area contributed by atoms with Crippen molar-refractivity contribution in [2.75, 3.05) is 26.2 Å². The lowest BCUT2D eigenvalue weighted by atomic mass is 9.79. The van der Waals surface area contributed by atoms with Gasteiger partial charge in [-0.05, 0) is 109 Å². The standard InChI is InChI=1S/C59H92N10O14/c1-36(71)58(2,3)34-49(75)44(16-9-10-22-60)66-54(81)41(33-51(61)77)32-50(76)59(4,5)68-55(82)40(27-37-13-7-6-8-14-37)31-47(73)45(28-38-20-24-64-25-21-38)67-53(80)39(15-11-23-65-57(62)63)30-48(74)46-17-12-26-69(46)56(83)42(35-70)29-43(72)18-19-52(78)79/h20-21,24-25,37,39-42,44-46,70H,6-19,22-23,26-35,60H2,1-5H3,(H2,61,77)(H,66,81)(H,67,80)(H,68,82)(H,78,79)(H4,62,63,65)/t39-,40-,41+,42+,44+,45+,46-/m1/s1. The monoisotopic (exact) mass is 1160 g/mol. The summed E-state index contributed by atoms with van der Waals surface area (Å²) >= 11 is 0. The number of ketones is 6. The van der Waals surface area contributed by atoms with Gasteiger partial charge in [0.25, 0.3) is 0 Å². The summed E-state index contributed by atoms with van der Waals surface area (Å²) in [6.07, 6.45) is 6.47. The number of Topliss-reactive ketones (excluding diaryl/α,β-unsaturated/α-hetero) is 6. The number of nitrogens with zero attached hydrogens (tertiary/aromatic N) is 3. The van der Waals surface area contributed by atoms with Crippen molar-refractivity contribution in [1.82, 2.24) is 25.8 Å². The zero-order valence-corrected chi connectivity index (χ0v) is 49.3. The molecule has 0 unspecified atom stereocenters. The van der Waals surface area contributed by atoms with Crippen LogP contribution in [0.1, 0.15) is 175 Å². The minimum Gasteiger partial charge on any atom is -0.481 e. The van der Waals surface area contributed by atoms with E-state index in [0.717, 1.165) is 32.1 Å². The van der Waals surface area contributed by atoms with Gasteiger partial charge in [0.2, 0.25) is 29.5 Å². The molecule has 0 aromatic carbocycles. The summed E-state index contributed by atoms with van der Waals surface area (Å²) in [6.45, 7) is 7.33. The molecule has 2 fully saturated rings. The van der Waals surface area contributed by atoms with E-state index in [1.165, 1.54) is 38.1 Å². The highest BCUT2D eigenvalue weighted by molar-refractivity contribution is 6.00. The van der Waals surface area contributed by atoms with Crippen molar-refractivity contribution in [1.29, 1.82) is 0 Å². The van der Waals surface area contributed by atoms with E-state index in [1.807, 2.05) is 0 Å². The molecule has 1 aliphatic carbocycles. The predicted molar refractivity (Wildman–Crippen MR) is 307 cm³/mol. The number of aliphatic hydroxyl groups excluding tert-OH is 1. The Bertz CT molecular complexity index is 2460. The zero-order chi connectivity index (χ0) is 62.0. The molecule has 1 aromatic heterocycles. The minimum atomic E-state index is -1.68. The molecule has 24 heteroatoms. The molecule has 13 N–H and O–H groups in total. The number of hydrogen-bond acceptors (Lipinski definition) is 16. The van der Waals surface area contributed by atoms with Crippen LogP contribution in [0.5, 0.6) is 0 Å². The Labute approximate surface area is 487 Å². The van der Waals surface area contributed by atoms with Crippen LogP contribution in [0.4, 0.5) is 0 Å². The average molecular weight is 1170 g/mol. The van der Waals surface area contributed by atoms with Gasteiger partial charge < -0.3 is 54.0 Å². The van der Waals surface area contributed by atoms with Crippen LogP contribution in [0.25, 0.3) is 0 Å². The van der Waals surface area contributed by atoms with Crippen LogP contribution < -0.4 is 38.9 Å². The Hall–Kier alpha value is -6.82. The van der Waals surface area contributed by atoms with Crippen LogP contribution in [0.15, 0.2) is 29.5 Å². The fourth-order valence-corrected chi connectivity index (χ4v) is 10.7. The van der Waals surface area contributed by atoms with Gasteiger partial charge in [-0.3, -0.25) is 67.5 Å². The number of carbonyl (C=O) groups excluding carboxylic acids is 11. The van der Waals surface area contributed by atoms with Gasteiger partial charge in [-0.1, -0.05) is 46.0 Å². The summed E-state index contributed by atoms with van der Waals surface area (Å²) in [6, 6.07) is 0.00517. The third-order valence-electron chi connectivity index (χ3n) is 16.1. The van der Waals surface area contributed by atoms with Gasteiger partial charge in [-0.15, -0.1) is 0 Å². The lowest BCUT2D eigenvalue weighted by molar-refractivity contribution is -0.144. The molecule has 462 valence electrons. The molecule has 83 heavy (non-hydrogen) atoms. The fraction of sp³-hybridized carbons (Fsp3) is 0.695. The number of aromatic nitrogens is 1. The topological polar surface area (TPSA) is 414 Å². The molecular weight excluding hydrogens is 1070 g/mol. The number of primary amides is 1. The molecule has 0 bridgehead atoms. The second-order valence-corrected chi connectivity index (χ2v) is 23.8. The number of unbranched alkanes of at least 4 members (excludes halogenated alkanes) is 1. The molecular formula is C59H92N10O14. The molecule has 7 atom stereocenters. The lowest BCUT2D eigenvalue weighted by Gasteiger charge is -2.32. The second kappa shape index (κ2) is 34.7. The van der Waals surface area contributed by atoms with Crippen LogP contribution >= 0.6 is 0 Å². The number of hydrogen-bond donors (Lipinski definition) is 9. The van der Waals surface area contributed by atoms with E-state index in [4.69, 9.17) is 28.0 Å². The third-order valence-corrected chi connectivity index (χ3v) is 16.1. The van der Waals surface area contributed by atoms with E-state index >= 15 is 0 Å². The fourth-order valence-electron chi connectivity index (χ4n) is 10.7. The largest absolute Gasteiger partial charge is 0.481 e. The Kier molecular flexibility index (Phi) is 29.5. The number of aliphatic imine (C=N–C) groups is 1. The summed E-state index contributed by atoms with van der Waals surface area (Å²) in [5.41, 5.74) is 20.3. The Morgan fingerprint density at radius 2 is 1.37 bits per heavy atom. The van der Waals surface area contributed by atoms with Crippen LogP contribution in [-0.4, -0.2) is 146 Å². The van der Waals surface area contributed by atoms with E-state index in [0.29, 0.717) is 31.4 Å². The van der Waals surface area contributed by atoms with E-state index in [-0.39, 0.29) is 95.0 Å². The Balaban J connectivity index is 1.94. The minimum absolute atomic E-state index is 0.0391. The van der Waals surface area contributed by atoms with Crippen LogP contribution in [0.3, 0.4) is 0 Å². The molecule has 0 radical (unpaired) electrons. The number of guanidine groups is 1. The van der Waals surface area contributed by atoms with Crippen LogP contribution in [0, 0.1) is 35.0 Å². The molecule has 1 aromatic rings. The van der Waals surface area contributed by atoms with Gasteiger partial charge in [0, 0.05) is 87.7 Å². The first-order chi connectivity index (χ1) is 39.1. The van der Waals surface area contributed by atoms with Gasteiger partial charge in [-0.2, -0.15) is 0 Å². The van der Waals surface area contributed by atoms with Crippen LogP contribution in [0.2, 0.25) is 0 Å². The van der Waals surface area contributed by atoms with Crippen molar-refractivity contribution in [2.24, 2.45) is 62.9 Å². The SMILES string of the molecule is CC(=O)C(C)(C)CC(=O)[C@H](CCCCN)NC(=O)[C@H](CC(N)=O)CC(=O)C(C)(C)NC(=O)[C@@H](CC(=O)[C@H](Cc1ccncc1)NC(=O)[C@H](CCCN=C(N)N)CC(=O)[C@H]1CCCN1C(=O)[C@H](CO)CC(=O)CCC(=O)O)CC1CCCCC1. The highest BCUT2D eigenvalue weighted by atomic mass is 16.4. The molecule has 2 aliphatic rings. The number of nitrogens with one attached hydrogen (secondary N) is 3. The van der Waals surface area contributed by atoms with Crippen molar-refractivity contribution >= 4 is 76.2 Å². The van der Waals surface area contributed by atoms with Crippen molar-refractivity contribution in [2.45, 2.75) is 200 Å². The highest BCUT2D eigenvalue weighted by Crippen LogP contribution is 2.32. The van der Waals surface area contributed by atoms with Crippen molar-refractivity contribution in [3.63, 3.8) is 0 Å². The van der Waals surface area contributed by atoms with Crippen molar-refractivity contribution in [3.8, 4) is 0 Å². The first-order valence-corrected chi connectivity index (χ1v) is 29.2. The van der Waals surface area contributed by atoms with E-state index in [1.54, 1.807) is 26.0 Å². The summed E-state index contributed by atoms with van der Waals surface area (Å²) < 4.78 is 0. The number of aliphatic hydroxyl groups is 1. The van der Waals surface area contributed by atoms with Gasteiger partial charge in [0.15, 0.2) is 29.1 Å². The molecule has 0 spiro atoms. The third kappa shape index (κ3) is 24.5. The molecule has 1 aliphatic heterocycles. The van der Waals surface area contributed by atoms with Gasteiger partial charge in [-0.25, -0.2) is 0 Å². The smallest absolute Gasteiger partial charge is 0.303 e. The number of carbonyl (C=O) groups is 12. The average Bonchev–Trinajstić information content (AvgIpc) is 4.04. The van der Waals surface area contributed by atoms with Gasteiger partial charge in [0.1, 0.15) is 11.6 Å². The van der Waals surface area contributed by atoms with Crippen molar-refractivity contribution in [3.05, 3.63) is 30.1 Å². The highest BCUT2D eigenvalue weighted by Gasteiger charge is 2.41. The summed E-state index contributed by atoms with van der Waals surface area (Å²) in [5.74, 6) is -12.5. The molecule has 3 rings (SSSR count). The van der Waals surface area contributed by atoms with E-state index in [2.05, 4.69) is 25.9 Å². The molecule has 1 saturated heterocycles. The summed E-state index contributed by atoms with van der Waals surface area (Å²) in [5, 5.41) is 27.6. The molecule has 24 nitrogen and oxygen atoms in total. The molecule has 1 saturated carbocycles. The zero-order valence-electron chi connectivity index (χ0n) is 49.3. The van der Waals surface area contributed by atoms with E-state index < -0.39 is 149 Å². The quantitative estimate of drug-likeness (QED) is 0.0258. The second-order valence-electron chi connectivity index (χ2n) is 23.8. The first kappa shape index (κ1) is 70.4. The number of aliphatic carboxylic acids is 1. The molecule has 2 heterocycles. The number of carboxylic acids is 1. The van der Waals surface area contributed by atoms with Crippen molar-refractivity contribution < 1.29 is 67.7 Å². The number of nitrogens with two attached hydrogens (primary N) is 4. The number of likely N-dealkylation sites (tertiary alicyclic amines) is 1. The summed E-state index contributed by atoms with van der Waals surface area (Å²) in [4.78, 5) is 172. The maximum absolute atomic E-state index is 14.9. The summed E-state index contributed by atoms with van der Waals surface area (Å²) in [7, 11) is 0. The van der Waals surface area contributed by atoms with Crippen LogP contribution in [-0.2, 0) is 64.0 Å². The molecule has 5 amide bonds. The number of rotatable bonds is 40. The first-order valence-electron chi connectivity index (χ1n) is 29.2. The number of carboxylic acid groups (broad SMARTS) is 1. The van der Waals surface area contributed by atoms with Gasteiger partial charge >= 0.3 is 5.97 Å². The number of pyridine rings is 1. The Morgan fingerprint density at radius 3 is 1.98 bits per heavy atom. The van der Waals surface area contributed by atoms with E-state index in [9.17, 15) is 62.6 Å². The maximum Gasteiger partial charge on any atom is 0.303 e. The predicted octanol–water partition coefficient (Wildman–Crippen LogP) is 2.24. The van der Waals surface area contributed by atoms with Gasteiger partial charge in [0.05, 0.1) is 48.5 Å². The number of amides is 5. The lowest BCUT2D eigenvalue weighted by Crippen LogP contribution is -2.54. The maximum atomic E-state index is 14.9.